The molecule has 0 rings (SSSR count). The van der Waals surface area contributed by atoms with Gasteiger partial charge in [0.15, 0.2) is 6.10 Å². The fourth-order valence-electron chi connectivity index (χ4n) is 6.80. The standard InChI is InChI=1S/C61H98O5/c1-4-7-10-13-16-19-22-25-27-29-31-32-34-37-39-42-45-48-51-54-60(62)65-58-59(66-61(63)55-52-49-46-43-40-36-24-21-18-15-12-9-6-3)57-64-56-53-50-47-44-41-38-35-33-30-28-26-23-20-17-14-11-8-5-2/h7-12,16-21,25-28,31-33,35-36,40,59H,4-6,13-15,22-24,29-30,34,37-39,41-58H2,1-3H3/b10-7-,11-8-,12-9-,19-16-,20-17-,21-18-,27-25-,28-26-,32-31-,35-33-,40-36-. The fourth-order valence-corrected chi connectivity index (χ4v) is 6.80. The first-order chi connectivity index (χ1) is 32.6. The molecule has 0 bridgehead atoms. The Balaban J connectivity index is 4.38. The molecule has 66 heavy (non-hydrogen) atoms. The number of allylic oxidation sites excluding steroid dienone is 22. The zero-order valence-electron chi connectivity index (χ0n) is 42.7. The summed E-state index contributed by atoms with van der Waals surface area (Å²) in [5, 5.41) is 0. The van der Waals surface area contributed by atoms with Crippen LogP contribution in [0.2, 0.25) is 0 Å². The molecule has 0 aliphatic carbocycles. The predicted octanol–water partition coefficient (Wildman–Crippen LogP) is 18.3. The van der Waals surface area contributed by atoms with Gasteiger partial charge in [0, 0.05) is 19.4 Å². The van der Waals surface area contributed by atoms with E-state index in [2.05, 4.69) is 154 Å². The highest BCUT2D eigenvalue weighted by atomic mass is 16.6. The molecule has 0 heterocycles. The zero-order chi connectivity index (χ0) is 47.7. The van der Waals surface area contributed by atoms with Gasteiger partial charge >= 0.3 is 11.9 Å². The molecular weight excluding hydrogens is 813 g/mol. The van der Waals surface area contributed by atoms with Crippen molar-refractivity contribution >= 4 is 11.9 Å². The third kappa shape index (κ3) is 52.7. The van der Waals surface area contributed by atoms with Gasteiger partial charge in [-0.15, -0.1) is 0 Å². The molecular formula is C61H98O5. The minimum Gasteiger partial charge on any atom is -0.462 e. The van der Waals surface area contributed by atoms with Crippen LogP contribution in [0.5, 0.6) is 0 Å². The second-order valence-corrected chi connectivity index (χ2v) is 17.0. The van der Waals surface area contributed by atoms with Crippen LogP contribution in [0.4, 0.5) is 0 Å². The van der Waals surface area contributed by atoms with Gasteiger partial charge in [-0.05, 0) is 128 Å². The van der Waals surface area contributed by atoms with Crippen LogP contribution in [0.1, 0.15) is 213 Å². The van der Waals surface area contributed by atoms with Crippen LogP contribution in [0.15, 0.2) is 134 Å². The molecule has 0 saturated carbocycles. The Hall–Kier alpha value is -3.96. The first kappa shape index (κ1) is 62.0. The van der Waals surface area contributed by atoms with E-state index in [0.29, 0.717) is 19.4 Å². The predicted molar refractivity (Wildman–Crippen MR) is 288 cm³/mol. The van der Waals surface area contributed by atoms with Gasteiger partial charge in [0.2, 0.25) is 0 Å². The van der Waals surface area contributed by atoms with Crippen molar-refractivity contribution in [3.05, 3.63) is 134 Å². The van der Waals surface area contributed by atoms with Gasteiger partial charge in [0.1, 0.15) is 6.61 Å². The minimum atomic E-state index is -0.578. The van der Waals surface area contributed by atoms with E-state index in [1.54, 1.807) is 0 Å². The SMILES string of the molecule is CC/C=C\C/C=C\C/C=C\C/C=C\CCCCCCCCC(=O)OCC(COCCCCCCC/C=C\C/C=C\C/C=C\C/C=C\CC)OC(=O)CCCCC/C=C\C/C=C\C/C=C\CC. The van der Waals surface area contributed by atoms with Crippen LogP contribution >= 0.6 is 0 Å². The Morgan fingerprint density at radius 2 is 0.636 bits per heavy atom. The molecule has 0 aliphatic heterocycles. The summed E-state index contributed by atoms with van der Waals surface area (Å²) in [6.45, 7) is 7.38. The maximum absolute atomic E-state index is 12.8. The smallest absolute Gasteiger partial charge is 0.306 e. The van der Waals surface area contributed by atoms with Crippen molar-refractivity contribution in [2.75, 3.05) is 19.8 Å². The number of carbonyl (C=O) groups is 2. The summed E-state index contributed by atoms with van der Waals surface area (Å²) in [5.41, 5.74) is 0. The highest BCUT2D eigenvalue weighted by molar-refractivity contribution is 5.70. The molecule has 0 N–H and O–H groups in total. The Morgan fingerprint density at radius 1 is 0.333 bits per heavy atom. The maximum Gasteiger partial charge on any atom is 0.306 e. The molecule has 0 spiro atoms. The van der Waals surface area contributed by atoms with Crippen LogP contribution in [-0.4, -0.2) is 37.9 Å². The summed E-state index contributed by atoms with van der Waals surface area (Å²) in [7, 11) is 0. The Bertz CT molecular complexity index is 1400. The summed E-state index contributed by atoms with van der Waals surface area (Å²) in [4.78, 5) is 25.4. The van der Waals surface area contributed by atoms with Crippen LogP contribution in [-0.2, 0) is 23.8 Å². The van der Waals surface area contributed by atoms with Gasteiger partial charge < -0.3 is 14.2 Å². The molecule has 0 saturated heterocycles. The second-order valence-electron chi connectivity index (χ2n) is 17.0. The lowest BCUT2D eigenvalue weighted by Crippen LogP contribution is -2.30. The van der Waals surface area contributed by atoms with Crippen molar-refractivity contribution < 1.29 is 23.8 Å². The van der Waals surface area contributed by atoms with E-state index in [1.807, 2.05) is 0 Å². The number of hydrogen-bond acceptors (Lipinski definition) is 5. The van der Waals surface area contributed by atoms with E-state index in [4.69, 9.17) is 14.2 Å². The largest absolute Gasteiger partial charge is 0.462 e. The highest BCUT2D eigenvalue weighted by Gasteiger charge is 2.17. The first-order valence-corrected chi connectivity index (χ1v) is 26.7. The van der Waals surface area contributed by atoms with Crippen molar-refractivity contribution in [2.24, 2.45) is 0 Å². The lowest BCUT2D eigenvalue weighted by atomic mass is 10.1. The number of ether oxygens (including phenoxy) is 3. The number of hydrogen-bond donors (Lipinski definition) is 0. The summed E-state index contributed by atoms with van der Waals surface area (Å²) in [6.07, 6.45) is 78.9. The molecule has 372 valence electrons. The average Bonchev–Trinajstić information content (AvgIpc) is 3.32. The maximum atomic E-state index is 12.8. The second kappa shape index (κ2) is 55.4. The molecule has 1 unspecified atom stereocenters. The van der Waals surface area contributed by atoms with Crippen molar-refractivity contribution in [3.8, 4) is 0 Å². The van der Waals surface area contributed by atoms with Gasteiger partial charge in [0.05, 0.1) is 6.61 Å². The van der Waals surface area contributed by atoms with Gasteiger partial charge in [-0.25, -0.2) is 0 Å². The van der Waals surface area contributed by atoms with E-state index >= 15 is 0 Å². The van der Waals surface area contributed by atoms with Crippen molar-refractivity contribution in [3.63, 3.8) is 0 Å². The monoisotopic (exact) mass is 911 g/mol. The highest BCUT2D eigenvalue weighted by Crippen LogP contribution is 2.12. The van der Waals surface area contributed by atoms with Crippen LogP contribution in [0, 0.1) is 0 Å². The number of rotatable bonds is 47. The molecule has 0 aliphatic rings. The van der Waals surface area contributed by atoms with Gasteiger partial charge in [-0.2, -0.15) is 0 Å². The third-order valence-corrected chi connectivity index (χ3v) is 10.7. The summed E-state index contributed by atoms with van der Waals surface area (Å²) < 4.78 is 17.4. The van der Waals surface area contributed by atoms with E-state index in [1.165, 1.54) is 38.5 Å². The molecule has 0 amide bonds. The third-order valence-electron chi connectivity index (χ3n) is 10.7. The van der Waals surface area contributed by atoms with Gasteiger partial charge in [-0.3, -0.25) is 9.59 Å². The van der Waals surface area contributed by atoms with E-state index < -0.39 is 6.10 Å². The summed E-state index contributed by atoms with van der Waals surface area (Å²) in [5.74, 6) is -0.467. The van der Waals surface area contributed by atoms with Crippen molar-refractivity contribution in [2.45, 2.75) is 219 Å². The Morgan fingerprint density at radius 3 is 1.03 bits per heavy atom. The molecule has 5 nitrogen and oxygen atoms in total. The number of unbranched alkanes of at least 4 members (excludes halogenated alkanes) is 14. The molecule has 5 heteroatoms. The normalized spacial score (nSPS) is 13.3. The van der Waals surface area contributed by atoms with Crippen molar-refractivity contribution in [1.29, 1.82) is 0 Å². The topological polar surface area (TPSA) is 61.8 Å². The molecule has 1 atom stereocenters. The minimum absolute atomic E-state index is 0.0489. The van der Waals surface area contributed by atoms with Crippen LogP contribution in [0.3, 0.4) is 0 Å². The summed E-state index contributed by atoms with van der Waals surface area (Å²) >= 11 is 0. The molecule has 0 fully saturated rings. The van der Waals surface area contributed by atoms with Gasteiger partial charge in [0.25, 0.3) is 0 Å². The molecule has 0 aromatic rings. The Kier molecular flexibility index (Phi) is 52.0. The Labute approximate surface area is 407 Å². The zero-order valence-corrected chi connectivity index (χ0v) is 42.7. The average molecular weight is 911 g/mol. The van der Waals surface area contributed by atoms with Crippen LogP contribution < -0.4 is 0 Å². The van der Waals surface area contributed by atoms with Gasteiger partial charge in [-0.1, -0.05) is 206 Å². The van der Waals surface area contributed by atoms with Crippen LogP contribution in [0.25, 0.3) is 0 Å². The van der Waals surface area contributed by atoms with E-state index in [0.717, 1.165) is 141 Å². The molecule has 0 radical (unpaired) electrons. The number of esters is 2. The quantitative estimate of drug-likeness (QED) is 0.0346. The van der Waals surface area contributed by atoms with E-state index in [-0.39, 0.29) is 25.2 Å². The summed E-state index contributed by atoms with van der Waals surface area (Å²) in [6, 6.07) is 0. The lowest BCUT2D eigenvalue weighted by molar-refractivity contribution is -0.163. The van der Waals surface area contributed by atoms with E-state index in [9.17, 15) is 9.59 Å². The lowest BCUT2D eigenvalue weighted by Gasteiger charge is -2.18. The molecule has 0 aromatic heterocycles. The molecule has 0 aromatic carbocycles. The fraction of sp³-hybridized carbons (Fsp3) is 0.607. The van der Waals surface area contributed by atoms with Crippen molar-refractivity contribution in [1.82, 2.24) is 0 Å². The first-order valence-electron chi connectivity index (χ1n) is 26.7. The number of carbonyl (C=O) groups excluding carboxylic acids is 2.